The molecule has 0 unspecified atom stereocenters. The van der Waals surface area contributed by atoms with Gasteiger partial charge in [0, 0.05) is 31.2 Å². The zero-order chi connectivity index (χ0) is 22.7. The molecule has 170 valence electrons. The number of carbonyl (C=O) groups is 2. The van der Waals surface area contributed by atoms with E-state index in [4.69, 9.17) is 0 Å². The van der Waals surface area contributed by atoms with Crippen LogP contribution in [0.4, 0.5) is 5.69 Å². The van der Waals surface area contributed by atoms with Crippen molar-refractivity contribution < 1.29 is 18.0 Å². The van der Waals surface area contributed by atoms with Crippen molar-refractivity contribution in [1.82, 2.24) is 9.62 Å². The number of rotatable bonds is 6. The number of carbonyl (C=O) groups excluding carboxylic acids is 2. The third kappa shape index (κ3) is 4.71. The molecule has 0 saturated carbocycles. The summed E-state index contributed by atoms with van der Waals surface area (Å²) in [6.07, 6.45) is 3.50. The lowest BCUT2D eigenvalue weighted by Crippen LogP contribution is -2.43. The van der Waals surface area contributed by atoms with Gasteiger partial charge in [-0.1, -0.05) is 36.8 Å². The van der Waals surface area contributed by atoms with Crippen molar-refractivity contribution in [2.24, 2.45) is 0 Å². The largest absolute Gasteiger partial charge is 0.350 e. The molecule has 2 aromatic carbocycles. The summed E-state index contributed by atoms with van der Waals surface area (Å²) in [5.41, 5.74) is 2.38. The van der Waals surface area contributed by atoms with Crippen LogP contribution in [0.25, 0.3) is 0 Å². The molecule has 2 amide bonds. The van der Waals surface area contributed by atoms with Crippen LogP contribution >= 0.6 is 0 Å². The number of amides is 2. The van der Waals surface area contributed by atoms with Gasteiger partial charge in [-0.25, -0.2) is 8.42 Å². The van der Waals surface area contributed by atoms with Crippen LogP contribution in [-0.2, 0) is 32.6 Å². The predicted molar refractivity (Wildman–Crippen MR) is 123 cm³/mol. The van der Waals surface area contributed by atoms with Gasteiger partial charge in [-0.3, -0.25) is 9.59 Å². The summed E-state index contributed by atoms with van der Waals surface area (Å²) >= 11 is 0. The van der Waals surface area contributed by atoms with Gasteiger partial charge in [0.15, 0.2) is 0 Å². The van der Waals surface area contributed by atoms with Gasteiger partial charge in [0.2, 0.25) is 21.8 Å². The molecular formula is C24H29N3O4S. The molecule has 0 spiro atoms. The van der Waals surface area contributed by atoms with Crippen LogP contribution in [-0.4, -0.2) is 43.7 Å². The van der Waals surface area contributed by atoms with Gasteiger partial charge in [-0.15, -0.1) is 0 Å². The van der Waals surface area contributed by atoms with E-state index in [1.54, 1.807) is 22.5 Å². The molecule has 7 nitrogen and oxygen atoms in total. The van der Waals surface area contributed by atoms with E-state index in [1.807, 2.05) is 37.3 Å². The number of piperidine rings is 1. The number of benzene rings is 2. The first-order valence-corrected chi connectivity index (χ1v) is 12.6. The first-order valence-electron chi connectivity index (χ1n) is 11.1. The first kappa shape index (κ1) is 22.5. The number of anilines is 1. The lowest BCUT2D eigenvalue weighted by Gasteiger charge is -2.33. The average molecular weight is 456 g/mol. The molecule has 8 heteroatoms. The molecule has 0 aliphatic carbocycles. The number of sulfonamides is 1. The molecule has 1 saturated heterocycles. The van der Waals surface area contributed by atoms with Crippen LogP contribution in [0.2, 0.25) is 0 Å². The fraction of sp³-hybridized carbons (Fsp3) is 0.417. The van der Waals surface area contributed by atoms with Gasteiger partial charge in [0.1, 0.15) is 6.54 Å². The molecule has 0 aromatic heterocycles. The maximum absolute atomic E-state index is 13.2. The van der Waals surface area contributed by atoms with E-state index < -0.39 is 10.0 Å². The smallest absolute Gasteiger partial charge is 0.243 e. The van der Waals surface area contributed by atoms with Gasteiger partial charge in [0.05, 0.1) is 4.90 Å². The molecule has 2 aromatic rings. The Morgan fingerprint density at radius 1 is 1.09 bits per heavy atom. The van der Waals surface area contributed by atoms with Gasteiger partial charge < -0.3 is 10.2 Å². The normalized spacial score (nSPS) is 19.5. The first-order chi connectivity index (χ1) is 15.4. The Balaban J connectivity index is 1.50. The van der Waals surface area contributed by atoms with Crippen LogP contribution < -0.4 is 10.2 Å². The van der Waals surface area contributed by atoms with E-state index >= 15 is 0 Å². The maximum Gasteiger partial charge on any atom is 0.243 e. The summed E-state index contributed by atoms with van der Waals surface area (Å²) < 4.78 is 28.0. The molecule has 32 heavy (non-hydrogen) atoms. The number of fused-ring (bicyclic) bond motifs is 1. The molecule has 1 fully saturated rings. The fourth-order valence-electron chi connectivity index (χ4n) is 4.43. The maximum atomic E-state index is 13.2. The molecule has 0 radical (unpaired) electrons. The van der Waals surface area contributed by atoms with Crippen LogP contribution in [0.3, 0.4) is 0 Å². The van der Waals surface area contributed by atoms with Gasteiger partial charge in [-0.05, 0) is 55.5 Å². The minimum absolute atomic E-state index is 0.0174. The van der Waals surface area contributed by atoms with E-state index in [1.165, 1.54) is 4.90 Å². The van der Waals surface area contributed by atoms with Crippen molar-refractivity contribution >= 4 is 27.5 Å². The highest BCUT2D eigenvalue weighted by Crippen LogP contribution is 2.32. The molecule has 0 bridgehead atoms. The SMILES string of the molecule is C[C@H]1CCCCN1S(=O)(=O)c1ccc2c(c1)CCC(=O)N2CC(=O)NCc1ccccc1. The number of hydrogen-bond donors (Lipinski definition) is 1. The van der Waals surface area contributed by atoms with E-state index in [2.05, 4.69) is 5.32 Å². The number of hydrogen-bond acceptors (Lipinski definition) is 4. The Labute approximate surface area is 189 Å². The van der Waals surface area contributed by atoms with Gasteiger partial charge in [0.25, 0.3) is 0 Å². The Morgan fingerprint density at radius 3 is 2.62 bits per heavy atom. The lowest BCUT2D eigenvalue weighted by atomic mass is 10.0. The fourth-order valence-corrected chi connectivity index (χ4v) is 6.18. The summed E-state index contributed by atoms with van der Waals surface area (Å²) in [6, 6.07) is 14.4. The summed E-state index contributed by atoms with van der Waals surface area (Å²) in [7, 11) is -3.59. The second-order valence-corrected chi connectivity index (χ2v) is 10.4. The highest BCUT2D eigenvalue weighted by molar-refractivity contribution is 7.89. The minimum atomic E-state index is -3.59. The molecule has 1 N–H and O–H groups in total. The monoisotopic (exact) mass is 455 g/mol. The second-order valence-electron chi connectivity index (χ2n) is 8.49. The number of aryl methyl sites for hydroxylation is 1. The van der Waals surface area contributed by atoms with Crippen LogP contribution in [0.1, 0.15) is 43.7 Å². The number of nitrogens with zero attached hydrogens (tertiary/aromatic N) is 2. The third-order valence-corrected chi connectivity index (χ3v) is 8.24. The van der Waals surface area contributed by atoms with Crippen molar-refractivity contribution in [3.63, 3.8) is 0 Å². The van der Waals surface area contributed by atoms with Crippen molar-refractivity contribution in [2.45, 2.75) is 56.5 Å². The minimum Gasteiger partial charge on any atom is -0.350 e. The molecule has 2 aliphatic rings. The van der Waals surface area contributed by atoms with E-state index in [0.29, 0.717) is 25.2 Å². The lowest BCUT2D eigenvalue weighted by molar-refractivity contribution is -0.124. The predicted octanol–water partition coefficient (Wildman–Crippen LogP) is 2.85. The van der Waals surface area contributed by atoms with Gasteiger partial charge in [-0.2, -0.15) is 4.31 Å². The summed E-state index contributed by atoms with van der Waals surface area (Å²) in [6.45, 7) is 2.78. The zero-order valence-corrected chi connectivity index (χ0v) is 19.1. The quantitative estimate of drug-likeness (QED) is 0.726. The number of nitrogens with one attached hydrogen (secondary N) is 1. The van der Waals surface area contributed by atoms with Crippen molar-refractivity contribution in [1.29, 1.82) is 0 Å². The van der Waals surface area contributed by atoms with Crippen molar-refractivity contribution in [3.05, 3.63) is 59.7 Å². The summed E-state index contributed by atoms with van der Waals surface area (Å²) in [5, 5.41) is 2.85. The van der Waals surface area contributed by atoms with Crippen LogP contribution in [0.5, 0.6) is 0 Å². The van der Waals surface area contributed by atoms with E-state index in [-0.39, 0.29) is 35.7 Å². The summed E-state index contributed by atoms with van der Waals surface area (Å²) in [5.74, 6) is -0.387. The molecule has 1 atom stereocenters. The second kappa shape index (κ2) is 9.42. The van der Waals surface area contributed by atoms with Crippen LogP contribution in [0, 0.1) is 0 Å². The topological polar surface area (TPSA) is 86.8 Å². The highest BCUT2D eigenvalue weighted by Gasteiger charge is 2.33. The van der Waals surface area contributed by atoms with E-state index in [9.17, 15) is 18.0 Å². The Hall–Kier alpha value is -2.71. The standard InChI is InChI=1S/C24H29N3O4S/c1-18-7-5-6-14-27(18)32(30,31)21-11-12-22-20(15-21)10-13-24(29)26(22)17-23(28)25-16-19-8-3-2-4-9-19/h2-4,8-9,11-12,15,18H,5-7,10,13-14,16-17H2,1H3,(H,25,28)/t18-/m0/s1. The molecule has 4 rings (SSSR count). The Kier molecular flexibility index (Phi) is 6.62. The summed E-state index contributed by atoms with van der Waals surface area (Å²) in [4.78, 5) is 26.8. The van der Waals surface area contributed by atoms with Gasteiger partial charge >= 0.3 is 0 Å². The van der Waals surface area contributed by atoms with Crippen molar-refractivity contribution in [2.75, 3.05) is 18.0 Å². The molecule has 2 aliphatic heterocycles. The highest BCUT2D eigenvalue weighted by atomic mass is 32.2. The Bertz CT molecular complexity index is 1100. The third-order valence-electron chi connectivity index (χ3n) is 6.23. The molecule has 2 heterocycles. The zero-order valence-electron chi connectivity index (χ0n) is 18.3. The Morgan fingerprint density at radius 2 is 1.88 bits per heavy atom. The van der Waals surface area contributed by atoms with Crippen LogP contribution in [0.15, 0.2) is 53.4 Å². The van der Waals surface area contributed by atoms with E-state index in [0.717, 1.165) is 30.4 Å². The molecular weight excluding hydrogens is 426 g/mol. The average Bonchev–Trinajstić information content (AvgIpc) is 2.80. The van der Waals surface area contributed by atoms with Crippen molar-refractivity contribution in [3.8, 4) is 0 Å².